The zero-order valence-corrected chi connectivity index (χ0v) is 13.6. The van der Waals surface area contributed by atoms with Gasteiger partial charge >= 0.3 is 0 Å². The fourth-order valence-electron chi connectivity index (χ4n) is 3.05. The molecule has 5 heteroatoms. The predicted octanol–water partition coefficient (Wildman–Crippen LogP) is 2.94. The molecule has 1 aromatic rings. The first-order valence-electron chi connectivity index (χ1n) is 7.82. The summed E-state index contributed by atoms with van der Waals surface area (Å²) < 4.78 is 24.0. The average molecular weight is 310 g/mol. The number of nitrogens with one attached hydrogen (secondary N) is 1. The van der Waals surface area contributed by atoms with Gasteiger partial charge in [0.15, 0.2) is 9.84 Å². The van der Waals surface area contributed by atoms with E-state index < -0.39 is 9.84 Å². The monoisotopic (exact) mass is 310 g/mol. The summed E-state index contributed by atoms with van der Waals surface area (Å²) in [6.07, 6.45) is 6.48. The van der Waals surface area contributed by atoms with E-state index in [0.29, 0.717) is 17.9 Å². The van der Waals surface area contributed by atoms with Gasteiger partial charge in [-0.2, -0.15) is 0 Å². The van der Waals surface area contributed by atoms with E-state index in [1.807, 2.05) is 19.1 Å². The fraction of sp³-hybridized carbons (Fsp3) is 0.625. The first-order valence-corrected chi connectivity index (χ1v) is 9.48. The van der Waals surface area contributed by atoms with Crippen molar-refractivity contribution in [1.29, 1.82) is 0 Å². The predicted molar refractivity (Wildman–Crippen MR) is 87.3 cm³/mol. The van der Waals surface area contributed by atoms with Gasteiger partial charge in [0.1, 0.15) is 0 Å². The summed E-state index contributed by atoms with van der Waals surface area (Å²) in [6.45, 7) is 2.49. The van der Waals surface area contributed by atoms with Crippen LogP contribution in [0.15, 0.2) is 29.2 Å². The van der Waals surface area contributed by atoms with Crippen LogP contribution in [0, 0.1) is 0 Å². The minimum atomic E-state index is -3.13. The lowest BCUT2D eigenvalue weighted by Crippen LogP contribution is -2.46. The maximum absolute atomic E-state index is 12.0. The third-order valence-corrected chi connectivity index (χ3v) is 6.23. The van der Waals surface area contributed by atoms with Gasteiger partial charge in [-0.15, -0.1) is 0 Å². The summed E-state index contributed by atoms with van der Waals surface area (Å²) in [7, 11) is -3.13. The molecule has 0 bridgehead atoms. The number of rotatable bonds is 6. The normalized spacial score (nSPS) is 18.4. The highest BCUT2D eigenvalue weighted by Crippen LogP contribution is 2.31. The molecule has 0 heterocycles. The minimum Gasteiger partial charge on any atom is -0.378 e. The number of benzene rings is 1. The Morgan fingerprint density at radius 3 is 2.29 bits per heavy atom. The number of hydrogen-bond acceptors (Lipinski definition) is 4. The van der Waals surface area contributed by atoms with Gasteiger partial charge in [0.05, 0.1) is 10.6 Å². The summed E-state index contributed by atoms with van der Waals surface area (Å²) in [5.74, 6) is 0.201. The van der Waals surface area contributed by atoms with Gasteiger partial charge in [0.25, 0.3) is 0 Å². The van der Waals surface area contributed by atoms with Gasteiger partial charge in [0, 0.05) is 17.8 Å². The molecule has 118 valence electrons. The maximum Gasteiger partial charge on any atom is 0.178 e. The highest BCUT2D eigenvalue weighted by Gasteiger charge is 2.30. The smallest absolute Gasteiger partial charge is 0.178 e. The molecule has 0 aliphatic heterocycles. The molecule has 0 radical (unpaired) electrons. The maximum atomic E-state index is 12.0. The van der Waals surface area contributed by atoms with Crippen molar-refractivity contribution in [2.24, 2.45) is 5.73 Å². The summed E-state index contributed by atoms with van der Waals surface area (Å²) >= 11 is 0. The van der Waals surface area contributed by atoms with E-state index in [-0.39, 0.29) is 11.3 Å². The van der Waals surface area contributed by atoms with Gasteiger partial charge in [-0.3, -0.25) is 0 Å². The van der Waals surface area contributed by atoms with Crippen LogP contribution >= 0.6 is 0 Å². The summed E-state index contributed by atoms with van der Waals surface area (Å²) in [4.78, 5) is 0.403. The van der Waals surface area contributed by atoms with Crippen LogP contribution in [0.25, 0.3) is 0 Å². The molecule has 2 rings (SSSR count). The Bertz CT molecular complexity index is 546. The Hall–Kier alpha value is -1.07. The van der Waals surface area contributed by atoms with Gasteiger partial charge in [0.2, 0.25) is 0 Å². The number of anilines is 1. The van der Waals surface area contributed by atoms with Gasteiger partial charge in [-0.05, 0) is 43.5 Å². The molecule has 0 spiro atoms. The molecule has 4 nitrogen and oxygen atoms in total. The second kappa shape index (κ2) is 6.79. The van der Waals surface area contributed by atoms with Crippen LogP contribution in [-0.4, -0.2) is 26.3 Å². The SMILES string of the molecule is CCCS(=O)(=O)c1ccc(NC2(CN)CCCCC2)cc1. The second-order valence-electron chi connectivity index (χ2n) is 6.01. The molecule has 0 aromatic heterocycles. The van der Waals surface area contributed by atoms with E-state index in [9.17, 15) is 8.42 Å². The van der Waals surface area contributed by atoms with Crippen LogP contribution in [0.2, 0.25) is 0 Å². The fourth-order valence-corrected chi connectivity index (χ4v) is 4.37. The topological polar surface area (TPSA) is 72.2 Å². The first-order chi connectivity index (χ1) is 10.0. The zero-order chi connectivity index (χ0) is 15.3. The van der Waals surface area contributed by atoms with E-state index in [1.54, 1.807) is 12.1 Å². The van der Waals surface area contributed by atoms with Crippen molar-refractivity contribution in [1.82, 2.24) is 0 Å². The summed E-state index contributed by atoms with van der Waals surface area (Å²) in [5, 5.41) is 3.53. The van der Waals surface area contributed by atoms with Crippen molar-refractivity contribution in [3.05, 3.63) is 24.3 Å². The molecule has 0 saturated heterocycles. The molecule has 0 unspecified atom stereocenters. The first kappa shape index (κ1) is 16.3. The molecular formula is C16H26N2O2S. The van der Waals surface area contributed by atoms with E-state index in [4.69, 9.17) is 5.73 Å². The number of nitrogens with two attached hydrogens (primary N) is 1. The third-order valence-electron chi connectivity index (χ3n) is 4.30. The van der Waals surface area contributed by atoms with E-state index in [2.05, 4.69) is 5.32 Å². The quantitative estimate of drug-likeness (QED) is 0.847. The lowest BCUT2D eigenvalue weighted by Gasteiger charge is -2.38. The van der Waals surface area contributed by atoms with E-state index in [0.717, 1.165) is 18.5 Å². The standard InChI is InChI=1S/C16H26N2O2S/c1-2-12-21(19,20)15-8-6-14(7-9-15)18-16(13-17)10-4-3-5-11-16/h6-9,18H,2-5,10-13,17H2,1H3. The van der Waals surface area contributed by atoms with E-state index >= 15 is 0 Å². The van der Waals surface area contributed by atoms with Crippen molar-refractivity contribution in [3.63, 3.8) is 0 Å². The minimum absolute atomic E-state index is 0.0257. The molecule has 1 aliphatic carbocycles. The Labute approximate surface area is 128 Å². The van der Waals surface area contributed by atoms with Crippen molar-refractivity contribution in [2.75, 3.05) is 17.6 Å². The van der Waals surface area contributed by atoms with Gasteiger partial charge < -0.3 is 11.1 Å². The molecule has 1 aliphatic rings. The molecule has 1 fully saturated rings. The molecule has 0 atom stereocenters. The van der Waals surface area contributed by atoms with Crippen LogP contribution in [0.3, 0.4) is 0 Å². The highest BCUT2D eigenvalue weighted by molar-refractivity contribution is 7.91. The van der Waals surface area contributed by atoms with E-state index in [1.165, 1.54) is 19.3 Å². The largest absolute Gasteiger partial charge is 0.378 e. The molecule has 0 amide bonds. The van der Waals surface area contributed by atoms with Crippen molar-refractivity contribution in [3.8, 4) is 0 Å². The van der Waals surface area contributed by atoms with Gasteiger partial charge in [-0.1, -0.05) is 26.2 Å². The van der Waals surface area contributed by atoms with Crippen molar-refractivity contribution < 1.29 is 8.42 Å². The lowest BCUT2D eigenvalue weighted by molar-refractivity contribution is 0.331. The number of hydrogen-bond donors (Lipinski definition) is 2. The third kappa shape index (κ3) is 3.98. The molecule has 1 saturated carbocycles. The van der Waals surface area contributed by atoms with Gasteiger partial charge in [-0.25, -0.2) is 8.42 Å². The molecule has 1 aromatic carbocycles. The Morgan fingerprint density at radius 1 is 1.14 bits per heavy atom. The van der Waals surface area contributed by atoms with Crippen molar-refractivity contribution in [2.45, 2.75) is 55.9 Å². The average Bonchev–Trinajstić information content (AvgIpc) is 2.49. The Morgan fingerprint density at radius 2 is 1.76 bits per heavy atom. The Kier molecular flexibility index (Phi) is 5.27. The van der Waals surface area contributed by atoms with Crippen LogP contribution in [0.1, 0.15) is 45.4 Å². The summed E-state index contributed by atoms with van der Waals surface area (Å²) in [5.41, 5.74) is 6.90. The number of sulfone groups is 1. The Balaban J connectivity index is 2.12. The second-order valence-corrected chi connectivity index (χ2v) is 8.12. The summed E-state index contributed by atoms with van der Waals surface area (Å²) in [6, 6.07) is 7.10. The van der Waals surface area contributed by atoms with Crippen molar-refractivity contribution >= 4 is 15.5 Å². The van der Waals surface area contributed by atoms with Crippen LogP contribution in [-0.2, 0) is 9.84 Å². The zero-order valence-electron chi connectivity index (χ0n) is 12.8. The van der Waals surface area contributed by atoms with Crippen LogP contribution in [0.4, 0.5) is 5.69 Å². The van der Waals surface area contributed by atoms with Crippen LogP contribution in [0.5, 0.6) is 0 Å². The molecule has 21 heavy (non-hydrogen) atoms. The molecular weight excluding hydrogens is 284 g/mol. The van der Waals surface area contributed by atoms with Crippen LogP contribution < -0.4 is 11.1 Å². The highest BCUT2D eigenvalue weighted by atomic mass is 32.2. The lowest BCUT2D eigenvalue weighted by atomic mass is 9.81. The molecule has 3 N–H and O–H groups in total.